The third-order valence-corrected chi connectivity index (χ3v) is 3.34. The molecule has 1 fully saturated rings. The summed E-state index contributed by atoms with van der Waals surface area (Å²) in [6.45, 7) is 2.84. The van der Waals surface area contributed by atoms with Crippen LogP contribution in [0.2, 0.25) is 0 Å². The summed E-state index contributed by atoms with van der Waals surface area (Å²) < 4.78 is 13.4. The molecule has 0 unspecified atom stereocenters. The van der Waals surface area contributed by atoms with Crippen LogP contribution in [0.4, 0.5) is 4.39 Å². The zero-order valence-corrected chi connectivity index (χ0v) is 10.8. The van der Waals surface area contributed by atoms with Crippen LogP contribution in [0.5, 0.6) is 5.75 Å². The maximum absolute atomic E-state index is 13.4. The molecular formula is C14H16FNO3. The molecule has 5 heteroatoms. The minimum atomic E-state index is -0.536. The molecule has 2 rings (SSSR count). The number of phenols is 1. The van der Waals surface area contributed by atoms with E-state index in [2.05, 4.69) is 0 Å². The molecule has 1 saturated heterocycles. The molecule has 1 aromatic carbocycles. The number of ketones is 2. The highest BCUT2D eigenvalue weighted by molar-refractivity contribution is 5.97. The van der Waals surface area contributed by atoms with Crippen LogP contribution in [0.3, 0.4) is 0 Å². The number of likely N-dealkylation sites (tertiary alicyclic amines) is 1. The van der Waals surface area contributed by atoms with Crippen LogP contribution in [0.25, 0.3) is 0 Å². The summed E-state index contributed by atoms with van der Waals surface area (Å²) in [6.07, 6.45) is 0.964. The predicted octanol–water partition coefficient (Wildman–Crippen LogP) is 1.90. The Bertz CT molecular complexity index is 518. The molecule has 1 heterocycles. The maximum Gasteiger partial charge on any atom is 0.163 e. The fourth-order valence-corrected chi connectivity index (χ4v) is 2.25. The van der Waals surface area contributed by atoms with E-state index < -0.39 is 5.82 Å². The lowest BCUT2D eigenvalue weighted by atomic mass is 10.0. The highest BCUT2D eigenvalue weighted by Crippen LogP contribution is 2.26. The summed E-state index contributed by atoms with van der Waals surface area (Å²) >= 11 is 0. The van der Waals surface area contributed by atoms with Crippen LogP contribution in [-0.2, 0) is 11.3 Å². The van der Waals surface area contributed by atoms with Gasteiger partial charge in [-0.25, -0.2) is 4.39 Å². The molecule has 0 atom stereocenters. The van der Waals surface area contributed by atoms with Gasteiger partial charge in [-0.05, 0) is 19.1 Å². The first-order valence-electron chi connectivity index (χ1n) is 6.23. The quantitative estimate of drug-likeness (QED) is 0.848. The maximum atomic E-state index is 13.4. The fourth-order valence-electron chi connectivity index (χ4n) is 2.25. The number of Topliss-reactive ketones (excluding diaryl/α,β-unsaturated/α-hetero) is 2. The van der Waals surface area contributed by atoms with Gasteiger partial charge >= 0.3 is 0 Å². The van der Waals surface area contributed by atoms with E-state index in [9.17, 15) is 19.1 Å². The molecule has 1 aliphatic heterocycles. The van der Waals surface area contributed by atoms with Gasteiger partial charge in [-0.15, -0.1) is 0 Å². The third-order valence-electron chi connectivity index (χ3n) is 3.34. The standard InChI is InChI=1S/C14H16FNO3/c1-9(17)13-7-11(15)6-10(14(13)19)8-16-4-2-12(18)3-5-16/h6-7,19H,2-5,8H2,1H3. The van der Waals surface area contributed by atoms with Crippen molar-refractivity contribution in [3.8, 4) is 5.75 Å². The van der Waals surface area contributed by atoms with Crippen LogP contribution in [0.1, 0.15) is 35.7 Å². The second-order valence-corrected chi connectivity index (χ2v) is 4.83. The Morgan fingerprint density at radius 3 is 2.58 bits per heavy atom. The van der Waals surface area contributed by atoms with E-state index in [-0.39, 0.29) is 22.9 Å². The van der Waals surface area contributed by atoms with Crippen molar-refractivity contribution in [3.05, 3.63) is 29.1 Å². The summed E-state index contributed by atoms with van der Waals surface area (Å²) in [6, 6.07) is 2.28. The molecule has 1 aromatic rings. The summed E-state index contributed by atoms with van der Waals surface area (Å²) in [5.41, 5.74) is 0.391. The first-order valence-corrected chi connectivity index (χ1v) is 6.23. The van der Waals surface area contributed by atoms with Gasteiger partial charge in [0.1, 0.15) is 17.3 Å². The van der Waals surface area contributed by atoms with Crippen LogP contribution in [0, 0.1) is 5.82 Å². The van der Waals surface area contributed by atoms with E-state index in [1.54, 1.807) is 0 Å². The number of aromatic hydroxyl groups is 1. The summed E-state index contributed by atoms with van der Waals surface area (Å²) in [5.74, 6) is -0.840. The van der Waals surface area contributed by atoms with Gasteiger partial charge in [0.25, 0.3) is 0 Å². The molecule has 0 aliphatic carbocycles. The van der Waals surface area contributed by atoms with Crippen LogP contribution in [0.15, 0.2) is 12.1 Å². The van der Waals surface area contributed by atoms with Gasteiger partial charge in [-0.1, -0.05) is 0 Å². The van der Waals surface area contributed by atoms with E-state index >= 15 is 0 Å². The second kappa shape index (κ2) is 5.48. The Morgan fingerprint density at radius 1 is 1.37 bits per heavy atom. The van der Waals surface area contributed by atoms with Crippen molar-refractivity contribution in [2.45, 2.75) is 26.3 Å². The zero-order valence-electron chi connectivity index (χ0n) is 10.8. The molecule has 1 N–H and O–H groups in total. The lowest BCUT2D eigenvalue weighted by Crippen LogP contribution is -2.33. The molecule has 0 aromatic heterocycles. The van der Waals surface area contributed by atoms with Crippen molar-refractivity contribution < 1.29 is 19.1 Å². The highest BCUT2D eigenvalue weighted by atomic mass is 19.1. The summed E-state index contributed by atoms with van der Waals surface area (Å²) in [7, 11) is 0. The molecule has 0 spiro atoms. The van der Waals surface area contributed by atoms with Crippen molar-refractivity contribution >= 4 is 11.6 Å². The molecule has 1 aliphatic rings. The first-order chi connectivity index (χ1) is 8.97. The number of nitrogens with zero attached hydrogens (tertiary/aromatic N) is 1. The Hall–Kier alpha value is -1.75. The Labute approximate surface area is 110 Å². The van der Waals surface area contributed by atoms with E-state index in [1.165, 1.54) is 13.0 Å². The van der Waals surface area contributed by atoms with Gasteiger partial charge in [0, 0.05) is 38.0 Å². The Morgan fingerprint density at radius 2 is 2.00 bits per heavy atom. The molecule has 0 radical (unpaired) electrons. The van der Waals surface area contributed by atoms with Gasteiger partial charge in [-0.2, -0.15) is 0 Å². The average Bonchev–Trinajstić information content (AvgIpc) is 2.35. The minimum Gasteiger partial charge on any atom is -0.507 e. The van der Waals surface area contributed by atoms with Crippen LogP contribution in [-0.4, -0.2) is 34.7 Å². The van der Waals surface area contributed by atoms with E-state index in [4.69, 9.17) is 0 Å². The van der Waals surface area contributed by atoms with Crippen molar-refractivity contribution in [1.29, 1.82) is 0 Å². The topological polar surface area (TPSA) is 57.6 Å². The second-order valence-electron chi connectivity index (χ2n) is 4.83. The van der Waals surface area contributed by atoms with Crippen molar-refractivity contribution in [2.75, 3.05) is 13.1 Å². The molecular weight excluding hydrogens is 249 g/mol. The lowest BCUT2D eigenvalue weighted by molar-refractivity contribution is -0.121. The smallest absolute Gasteiger partial charge is 0.163 e. The SMILES string of the molecule is CC(=O)c1cc(F)cc(CN2CCC(=O)CC2)c1O. The summed E-state index contributed by atoms with van der Waals surface area (Å²) in [5, 5.41) is 9.99. The number of halogens is 1. The minimum absolute atomic E-state index is 0.00286. The number of hydrogen-bond acceptors (Lipinski definition) is 4. The average molecular weight is 265 g/mol. The van der Waals surface area contributed by atoms with E-state index in [0.717, 1.165) is 6.07 Å². The normalized spacial score (nSPS) is 16.6. The lowest BCUT2D eigenvalue weighted by Gasteiger charge is -2.26. The first kappa shape index (κ1) is 13.7. The molecule has 0 amide bonds. The van der Waals surface area contributed by atoms with Gasteiger partial charge in [0.15, 0.2) is 5.78 Å². The van der Waals surface area contributed by atoms with E-state index in [0.29, 0.717) is 38.0 Å². The van der Waals surface area contributed by atoms with Crippen LogP contribution < -0.4 is 0 Å². The van der Waals surface area contributed by atoms with Gasteiger partial charge < -0.3 is 5.11 Å². The summed E-state index contributed by atoms with van der Waals surface area (Å²) in [4.78, 5) is 24.4. The molecule has 102 valence electrons. The number of carbonyl (C=O) groups is 2. The molecule has 0 saturated carbocycles. The Balaban J connectivity index is 2.20. The van der Waals surface area contributed by atoms with Crippen LogP contribution >= 0.6 is 0 Å². The number of carbonyl (C=O) groups excluding carboxylic acids is 2. The van der Waals surface area contributed by atoms with E-state index in [1.807, 2.05) is 4.90 Å². The Kier molecular flexibility index (Phi) is 3.95. The molecule has 4 nitrogen and oxygen atoms in total. The number of hydrogen-bond donors (Lipinski definition) is 1. The van der Waals surface area contributed by atoms with Gasteiger partial charge in [0.2, 0.25) is 0 Å². The fraction of sp³-hybridized carbons (Fsp3) is 0.429. The molecule has 19 heavy (non-hydrogen) atoms. The number of benzene rings is 1. The predicted molar refractivity (Wildman–Crippen MR) is 67.6 cm³/mol. The largest absolute Gasteiger partial charge is 0.507 e. The van der Waals surface area contributed by atoms with Crippen molar-refractivity contribution in [1.82, 2.24) is 4.90 Å². The molecule has 0 bridgehead atoms. The highest BCUT2D eigenvalue weighted by Gasteiger charge is 2.19. The van der Waals surface area contributed by atoms with Gasteiger partial charge in [-0.3, -0.25) is 14.5 Å². The number of piperidine rings is 1. The zero-order chi connectivity index (χ0) is 14.0. The monoisotopic (exact) mass is 265 g/mol. The number of phenolic OH excluding ortho intramolecular Hbond substituents is 1. The van der Waals surface area contributed by atoms with Crippen molar-refractivity contribution in [3.63, 3.8) is 0 Å². The van der Waals surface area contributed by atoms with Gasteiger partial charge in [0.05, 0.1) is 5.56 Å². The third kappa shape index (κ3) is 3.17. The number of rotatable bonds is 3. The van der Waals surface area contributed by atoms with Crippen molar-refractivity contribution in [2.24, 2.45) is 0 Å².